The first kappa shape index (κ1) is 18.3. The van der Waals surface area contributed by atoms with Crippen molar-refractivity contribution < 1.29 is 9.72 Å². The van der Waals surface area contributed by atoms with E-state index in [9.17, 15) is 14.9 Å². The lowest BCUT2D eigenvalue weighted by Crippen LogP contribution is -2.16. The summed E-state index contributed by atoms with van der Waals surface area (Å²) in [6.07, 6.45) is 2.23. The van der Waals surface area contributed by atoms with E-state index in [2.05, 4.69) is 0 Å². The highest BCUT2D eigenvalue weighted by Crippen LogP contribution is 2.15. The average Bonchev–Trinajstić information content (AvgIpc) is 2.36. The minimum absolute atomic E-state index is 0. The molecule has 0 atom stereocenters. The molecule has 0 saturated carbocycles. The fraction of sp³-hybridized carbons (Fsp3) is 0.357. The van der Waals surface area contributed by atoms with Crippen LogP contribution in [0.3, 0.4) is 0 Å². The molecule has 110 valence electrons. The van der Waals surface area contributed by atoms with Gasteiger partial charge in [0.2, 0.25) is 0 Å². The Kier molecular flexibility index (Phi) is 7.72. The summed E-state index contributed by atoms with van der Waals surface area (Å²) in [5.74, 6) is 0.0899. The first-order valence-electron chi connectivity index (χ1n) is 6.01. The van der Waals surface area contributed by atoms with Crippen LogP contribution in [-0.4, -0.2) is 36.2 Å². The van der Waals surface area contributed by atoms with Crippen molar-refractivity contribution in [2.45, 2.75) is 13.3 Å². The number of nitrogens with zero attached hydrogens (tertiary/aromatic N) is 2. The first-order valence-corrected chi connectivity index (χ1v) is 6.01. The molecule has 0 unspecified atom stereocenters. The molecule has 1 aromatic carbocycles. The number of allylic oxidation sites excluding steroid dienone is 1. The summed E-state index contributed by atoms with van der Waals surface area (Å²) in [5, 5.41) is 10.5. The van der Waals surface area contributed by atoms with Crippen LogP contribution in [0.1, 0.15) is 18.9 Å². The predicted octanol–water partition coefficient (Wildman–Crippen LogP) is 2.94. The quantitative estimate of drug-likeness (QED) is 0.460. The van der Waals surface area contributed by atoms with E-state index in [1.54, 1.807) is 25.1 Å². The normalized spacial score (nSPS) is 11.1. The number of nitro benzene ring substituents is 1. The molecule has 0 spiro atoms. The molecule has 0 N–H and O–H groups in total. The minimum atomic E-state index is -0.442. The van der Waals surface area contributed by atoms with Crippen LogP contribution in [0.25, 0.3) is 6.08 Å². The van der Waals surface area contributed by atoms with Crippen molar-refractivity contribution in [1.82, 2.24) is 4.90 Å². The van der Waals surface area contributed by atoms with Crippen LogP contribution < -0.4 is 0 Å². The predicted molar refractivity (Wildman–Crippen MR) is 82.2 cm³/mol. The summed E-state index contributed by atoms with van der Waals surface area (Å²) >= 11 is 0. The van der Waals surface area contributed by atoms with Gasteiger partial charge in [0.25, 0.3) is 5.69 Å². The Bertz CT molecular complexity index is 496. The molecule has 0 fully saturated rings. The lowest BCUT2D eigenvalue weighted by molar-refractivity contribution is -0.384. The van der Waals surface area contributed by atoms with Gasteiger partial charge in [-0.25, -0.2) is 0 Å². The monoisotopic (exact) mass is 298 g/mol. The zero-order valence-corrected chi connectivity index (χ0v) is 12.6. The van der Waals surface area contributed by atoms with Gasteiger partial charge in [0.1, 0.15) is 0 Å². The Balaban J connectivity index is 0.00000361. The fourth-order valence-electron chi connectivity index (χ4n) is 1.55. The Morgan fingerprint density at radius 2 is 1.85 bits per heavy atom. The van der Waals surface area contributed by atoms with Crippen LogP contribution in [0, 0.1) is 10.1 Å². The van der Waals surface area contributed by atoms with E-state index in [0.29, 0.717) is 18.5 Å². The molecule has 0 aliphatic rings. The summed E-state index contributed by atoms with van der Waals surface area (Å²) in [6.45, 7) is 2.48. The van der Waals surface area contributed by atoms with Crippen molar-refractivity contribution in [3.8, 4) is 0 Å². The summed E-state index contributed by atoms with van der Waals surface area (Å²) in [6, 6.07) is 6.15. The smallest absolute Gasteiger partial charge is 0.269 e. The van der Waals surface area contributed by atoms with Crippen LogP contribution in [0.2, 0.25) is 0 Å². The third kappa shape index (κ3) is 5.95. The van der Waals surface area contributed by atoms with E-state index >= 15 is 0 Å². The molecule has 0 aliphatic carbocycles. The number of hydrogen-bond donors (Lipinski definition) is 0. The number of halogens is 1. The second-order valence-electron chi connectivity index (χ2n) is 4.65. The number of non-ortho nitro benzene ring substituents is 1. The second kappa shape index (κ2) is 8.45. The van der Waals surface area contributed by atoms with E-state index in [0.717, 1.165) is 5.56 Å². The highest BCUT2D eigenvalue weighted by molar-refractivity contribution is 5.99. The minimum Gasteiger partial charge on any atom is -0.309 e. The second-order valence-corrected chi connectivity index (χ2v) is 4.65. The van der Waals surface area contributed by atoms with Crippen molar-refractivity contribution in [2.24, 2.45) is 0 Å². The Hall–Kier alpha value is -1.72. The number of carbonyl (C=O) groups excluding carboxylic acids is 1. The number of ketones is 1. The van der Waals surface area contributed by atoms with Crippen LogP contribution in [0.4, 0.5) is 5.69 Å². The average molecular weight is 299 g/mol. The van der Waals surface area contributed by atoms with Gasteiger partial charge in [0.15, 0.2) is 5.78 Å². The summed E-state index contributed by atoms with van der Waals surface area (Å²) in [5.41, 5.74) is 1.51. The molecule has 1 aromatic rings. The molecule has 0 saturated heterocycles. The van der Waals surface area contributed by atoms with Gasteiger partial charge in [0, 0.05) is 25.1 Å². The van der Waals surface area contributed by atoms with Gasteiger partial charge in [0.05, 0.1) is 4.92 Å². The third-order valence-corrected chi connectivity index (χ3v) is 2.71. The Labute approximate surface area is 124 Å². The van der Waals surface area contributed by atoms with Crippen LogP contribution in [0.15, 0.2) is 29.8 Å². The van der Waals surface area contributed by atoms with Gasteiger partial charge < -0.3 is 4.90 Å². The SMILES string of the molecule is C/C(=C\c1ccc([N+](=O)[O-])cc1)C(=O)CCN(C)C.Cl. The number of hydrogen-bond acceptors (Lipinski definition) is 4. The highest BCUT2D eigenvalue weighted by Gasteiger charge is 2.06. The standard InChI is InChI=1S/C14H18N2O3.ClH/c1-11(14(17)8-9-15(2)3)10-12-4-6-13(7-5-12)16(18)19;/h4-7,10H,8-9H2,1-3H3;1H/b11-10+;. The first-order chi connectivity index (χ1) is 8.90. The third-order valence-electron chi connectivity index (χ3n) is 2.71. The van der Waals surface area contributed by atoms with E-state index in [-0.39, 0.29) is 23.9 Å². The fourth-order valence-corrected chi connectivity index (χ4v) is 1.55. The topological polar surface area (TPSA) is 63.5 Å². The molecular formula is C14H19ClN2O3. The van der Waals surface area contributed by atoms with Crippen molar-refractivity contribution >= 4 is 30.0 Å². The largest absolute Gasteiger partial charge is 0.309 e. The number of nitro groups is 1. The molecule has 0 bridgehead atoms. The van der Waals surface area contributed by atoms with E-state index < -0.39 is 4.92 Å². The summed E-state index contributed by atoms with van der Waals surface area (Å²) < 4.78 is 0. The number of Topliss-reactive ketones (excluding diaryl/α,β-unsaturated/α-hetero) is 1. The van der Waals surface area contributed by atoms with Crippen LogP contribution in [0.5, 0.6) is 0 Å². The summed E-state index contributed by atoms with van der Waals surface area (Å²) in [7, 11) is 3.84. The van der Waals surface area contributed by atoms with Crippen LogP contribution in [-0.2, 0) is 4.79 Å². The molecule has 0 heterocycles. The maximum Gasteiger partial charge on any atom is 0.269 e. The maximum absolute atomic E-state index is 11.8. The molecule has 0 aliphatic heterocycles. The van der Waals surface area contributed by atoms with Crippen molar-refractivity contribution in [3.63, 3.8) is 0 Å². The van der Waals surface area contributed by atoms with E-state index in [1.165, 1.54) is 12.1 Å². The number of benzene rings is 1. The van der Waals surface area contributed by atoms with Gasteiger partial charge in [-0.3, -0.25) is 14.9 Å². The zero-order valence-electron chi connectivity index (χ0n) is 11.8. The van der Waals surface area contributed by atoms with Crippen LogP contribution >= 0.6 is 12.4 Å². The number of rotatable bonds is 6. The van der Waals surface area contributed by atoms with Crippen molar-refractivity contribution in [3.05, 3.63) is 45.5 Å². The van der Waals surface area contributed by atoms with Gasteiger partial charge in [-0.05, 0) is 50.4 Å². The van der Waals surface area contributed by atoms with Gasteiger partial charge in [-0.15, -0.1) is 12.4 Å². The van der Waals surface area contributed by atoms with Crippen molar-refractivity contribution in [2.75, 3.05) is 20.6 Å². The molecule has 0 radical (unpaired) electrons. The molecule has 0 aromatic heterocycles. The molecular weight excluding hydrogens is 280 g/mol. The molecule has 20 heavy (non-hydrogen) atoms. The van der Waals surface area contributed by atoms with Gasteiger partial charge >= 0.3 is 0 Å². The van der Waals surface area contributed by atoms with Gasteiger partial charge in [-0.1, -0.05) is 0 Å². The lowest BCUT2D eigenvalue weighted by Gasteiger charge is -2.08. The lowest BCUT2D eigenvalue weighted by atomic mass is 10.1. The van der Waals surface area contributed by atoms with E-state index in [4.69, 9.17) is 0 Å². The van der Waals surface area contributed by atoms with E-state index in [1.807, 2.05) is 19.0 Å². The van der Waals surface area contributed by atoms with Crippen molar-refractivity contribution in [1.29, 1.82) is 0 Å². The summed E-state index contributed by atoms with van der Waals surface area (Å²) in [4.78, 5) is 23.9. The number of carbonyl (C=O) groups is 1. The zero-order chi connectivity index (χ0) is 14.4. The molecule has 5 nitrogen and oxygen atoms in total. The highest BCUT2D eigenvalue weighted by atomic mass is 35.5. The maximum atomic E-state index is 11.8. The molecule has 0 amide bonds. The Morgan fingerprint density at radius 3 is 2.30 bits per heavy atom. The Morgan fingerprint density at radius 1 is 1.30 bits per heavy atom. The molecule has 6 heteroatoms. The van der Waals surface area contributed by atoms with Gasteiger partial charge in [-0.2, -0.15) is 0 Å². The molecule has 1 rings (SSSR count).